The number of rotatable bonds is 1. The molecule has 2 fully saturated rings. The fourth-order valence-corrected chi connectivity index (χ4v) is 8.69. The number of hydrogen-bond donors (Lipinski definition) is 1. The second kappa shape index (κ2) is 16.2. The van der Waals surface area contributed by atoms with E-state index >= 15 is 4.39 Å². The van der Waals surface area contributed by atoms with Crippen LogP contribution in [-0.2, 0) is 16.4 Å². The molecule has 2 aromatic carbocycles. The average molecular weight is 663 g/mol. The van der Waals surface area contributed by atoms with Crippen LogP contribution in [0.4, 0.5) is 15.8 Å². The Bertz CT molecular complexity index is 1560. The predicted molar refractivity (Wildman–Crippen MR) is 190 cm³/mol. The lowest BCUT2D eigenvalue weighted by Gasteiger charge is -2.35. The summed E-state index contributed by atoms with van der Waals surface area (Å²) >= 11 is 0. The Hall–Kier alpha value is -3.30. The number of carbonyl (C=O) groups is 1. The average Bonchev–Trinajstić information content (AvgIpc) is 3.06. The fraction of sp³-hybridized carbons (Fsp3) is 0.526. The van der Waals surface area contributed by atoms with Gasteiger partial charge in [-0.1, -0.05) is 63.7 Å². The van der Waals surface area contributed by atoms with Crippen molar-refractivity contribution in [3.05, 3.63) is 77.1 Å². The Morgan fingerprint density at radius 1 is 0.915 bits per heavy atom. The molecule has 10 rings (SSSR count). The van der Waals surface area contributed by atoms with E-state index in [4.69, 9.17) is 0 Å². The summed E-state index contributed by atoms with van der Waals surface area (Å²) in [5.74, 6) is 0.853. The number of benzene rings is 2. The van der Waals surface area contributed by atoms with E-state index < -0.39 is 10.0 Å². The van der Waals surface area contributed by atoms with Crippen LogP contribution in [0.5, 0.6) is 0 Å². The van der Waals surface area contributed by atoms with Crippen LogP contribution in [-0.4, -0.2) is 63.1 Å². The number of nitrogens with one attached hydrogen (secondary N) is 1. The summed E-state index contributed by atoms with van der Waals surface area (Å²) in [7, 11) is -3.94. The monoisotopic (exact) mass is 662 g/mol. The molecular weight excluding hydrogens is 612 g/mol. The summed E-state index contributed by atoms with van der Waals surface area (Å²) in [4.78, 5) is 22.1. The van der Waals surface area contributed by atoms with Crippen LogP contribution < -0.4 is 4.72 Å². The van der Waals surface area contributed by atoms with Crippen molar-refractivity contribution in [1.29, 1.82) is 0 Å². The van der Waals surface area contributed by atoms with Crippen molar-refractivity contribution in [3.63, 3.8) is 0 Å². The minimum atomic E-state index is -3.94. The molecule has 1 saturated carbocycles. The number of halogens is 1. The molecule has 1 N–H and O–H groups in total. The standard InChI is InChI=1S/C38H51FN4O3S/c1-4-30-27-42-21-23-43(24-22-42)38(44)32-17-19-34(20-18-32)41-47(45,46)36-16-10-15-33(37(36)40-5-2)26-29-11-6-8-13-31(14-9-7-12-29)28(3)25-35(30)39/h4-5,10,15-20,25,28-29,31,41H,6-9,11-14,21-24,26-27H2,1-3H3/b30-4-,35-25+,40-5-. The first kappa shape index (κ1) is 35.0. The molecule has 1 amide bonds. The van der Waals surface area contributed by atoms with Gasteiger partial charge in [-0.25, -0.2) is 12.8 Å². The first-order chi connectivity index (χ1) is 22.7. The maximum absolute atomic E-state index is 15.7. The highest BCUT2D eigenvalue weighted by Gasteiger charge is 2.26. The molecule has 8 bridgehead atoms. The molecule has 7 heterocycles. The summed E-state index contributed by atoms with van der Waals surface area (Å²) in [5.41, 5.74) is 3.05. The molecule has 2 aromatic rings. The fourth-order valence-electron chi connectivity index (χ4n) is 7.44. The second-order valence-electron chi connectivity index (χ2n) is 13.5. The van der Waals surface area contributed by atoms with E-state index in [1.54, 1.807) is 43.5 Å². The van der Waals surface area contributed by atoms with Gasteiger partial charge in [0.15, 0.2) is 0 Å². The van der Waals surface area contributed by atoms with Crippen LogP contribution in [0.2, 0.25) is 0 Å². The number of hydrogen-bond acceptors (Lipinski definition) is 5. The first-order valence-electron chi connectivity index (χ1n) is 17.5. The second-order valence-corrected chi connectivity index (χ2v) is 15.1. The van der Waals surface area contributed by atoms with Crippen molar-refractivity contribution in [2.24, 2.45) is 22.7 Å². The van der Waals surface area contributed by atoms with E-state index in [0.29, 0.717) is 61.5 Å². The maximum Gasteiger partial charge on any atom is 0.264 e. The zero-order valence-electron chi connectivity index (χ0n) is 28.3. The van der Waals surface area contributed by atoms with Gasteiger partial charge in [-0.2, -0.15) is 0 Å². The Morgan fingerprint density at radius 3 is 2.21 bits per heavy atom. The smallest absolute Gasteiger partial charge is 0.264 e. The van der Waals surface area contributed by atoms with Gasteiger partial charge in [0.1, 0.15) is 10.7 Å². The van der Waals surface area contributed by atoms with Crippen LogP contribution in [0.3, 0.4) is 0 Å². The van der Waals surface area contributed by atoms with Gasteiger partial charge in [0.2, 0.25) is 0 Å². The molecule has 7 aliphatic heterocycles. The van der Waals surface area contributed by atoms with Crippen LogP contribution in [0.25, 0.3) is 0 Å². The van der Waals surface area contributed by atoms with Gasteiger partial charge in [-0.3, -0.25) is 19.4 Å². The number of nitrogens with zero attached hydrogens (tertiary/aromatic N) is 3. The zero-order valence-corrected chi connectivity index (χ0v) is 29.1. The van der Waals surface area contributed by atoms with Crippen LogP contribution in [0, 0.1) is 17.8 Å². The lowest BCUT2D eigenvalue weighted by molar-refractivity contribution is 0.0647. The van der Waals surface area contributed by atoms with E-state index in [9.17, 15) is 13.2 Å². The van der Waals surface area contributed by atoms with Gasteiger partial charge < -0.3 is 4.90 Å². The van der Waals surface area contributed by atoms with Crippen LogP contribution in [0.15, 0.2) is 75.9 Å². The van der Waals surface area contributed by atoms with Gasteiger partial charge in [-0.15, -0.1) is 0 Å². The molecule has 0 aromatic heterocycles. The van der Waals surface area contributed by atoms with Crippen molar-refractivity contribution >= 4 is 33.5 Å². The third kappa shape index (κ3) is 8.99. The van der Waals surface area contributed by atoms with Crippen molar-refractivity contribution in [2.75, 3.05) is 37.4 Å². The highest BCUT2D eigenvalue weighted by Crippen LogP contribution is 2.36. The van der Waals surface area contributed by atoms with Gasteiger partial charge in [-0.05, 0) is 98.4 Å². The Kier molecular flexibility index (Phi) is 12.1. The topological polar surface area (TPSA) is 82.1 Å². The summed E-state index contributed by atoms with van der Waals surface area (Å²) in [6.45, 7) is 8.83. The molecule has 7 nitrogen and oxygen atoms in total. The van der Waals surface area contributed by atoms with Crippen molar-refractivity contribution in [3.8, 4) is 0 Å². The molecule has 1 saturated heterocycles. The SMILES string of the molecule is C/C=N\c1c2cccc1S(=O)(=O)Nc1ccc(cc1)C(=O)N1CCN(CC1)CC(=C/C)/C(F)=C\C(C)C1CCCCC(CCCC1)C2. The normalized spacial score (nSPS) is 28.5. The van der Waals surface area contributed by atoms with E-state index in [-0.39, 0.29) is 22.5 Å². The number of carbonyl (C=O) groups excluding carboxylic acids is 1. The predicted octanol–water partition coefficient (Wildman–Crippen LogP) is 8.33. The van der Waals surface area contributed by atoms with Crippen molar-refractivity contribution in [1.82, 2.24) is 9.80 Å². The van der Waals surface area contributed by atoms with Gasteiger partial charge in [0, 0.05) is 50.2 Å². The maximum atomic E-state index is 15.7. The van der Waals surface area contributed by atoms with Gasteiger partial charge in [0.05, 0.1) is 5.69 Å². The Morgan fingerprint density at radius 2 is 1.57 bits per heavy atom. The highest BCUT2D eigenvalue weighted by molar-refractivity contribution is 7.92. The molecule has 1 atom stereocenters. The Balaban J connectivity index is 1.46. The van der Waals surface area contributed by atoms with E-state index in [1.165, 1.54) is 0 Å². The number of aliphatic imine (C=N–C) groups is 1. The zero-order chi connectivity index (χ0) is 33.4. The number of allylic oxidation sites excluding steroid dienone is 2. The third-order valence-electron chi connectivity index (χ3n) is 10.3. The highest BCUT2D eigenvalue weighted by atomic mass is 32.2. The molecule has 0 radical (unpaired) electrons. The molecular formula is C38H51FN4O3S. The summed E-state index contributed by atoms with van der Waals surface area (Å²) < 4.78 is 45.9. The minimum absolute atomic E-state index is 0.0963. The first-order valence-corrected chi connectivity index (χ1v) is 18.9. The van der Waals surface area contributed by atoms with Crippen molar-refractivity contribution < 1.29 is 17.6 Å². The molecule has 47 heavy (non-hydrogen) atoms. The van der Waals surface area contributed by atoms with E-state index in [0.717, 1.165) is 68.9 Å². The minimum Gasteiger partial charge on any atom is -0.336 e. The summed E-state index contributed by atoms with van der Waals surface area (Å²) in [6.07, 6.45) is 14.9. The summed E-state index contributed by atoms with van der Waals surface area (Å²) in [5, 5.41) is 0. The molecule has 9 heteroatoms. The van der Waals surface area contributed by atoms with E-state index in [1.807, 2.05) is 36.1 Å². The molecule has 1 unspecified atom stereocenters. The lowest BCUT2D eigenvalue weighted by Crippen LogP contribution is -2.49. The molecule has 254 valence electrons. The van der Waals surface area contributed by atoms with E-state index in [2.05, 4.69) is 21.5 Å². The number of sulfonamides is 1. The molecule has 0 spiro atoms. The lowest BCUT2D eigenvalue weighted by atomic mass is 9.80. The van der Waals surface area contributed by atoms with Crippen LogP contribution in [0.1, 0.15) is 88.1 Å². The number of piperazine rings is 1. The van der Waals surface area contributed by atoms with Gasteiger partial charge >= 0.3 is 0 Å². The number of para-hydroxylation sites is 1. The number of amides is 1. The van der Waals surface area contributed by atoms with Crippen LogP contribution >= 0.6 is 0 Å². The quantitative estimate of drug-likeness (QED) is 0.312. The third-order valence-corrected chi connectivity index (χ3v) is 11.7. The largest absolute Gasteiger partial charge is 0.336 e. The molecule has 8 aliphatic rings. The molecule has 1 aliphatic carbocycles. The van der Waals surface area contributed by atoms with Gasteiger partial charge in [0.25, 0.3) is 15.9 Å². The number of anilines is 1. The Labute approximate surface area is 281 Å². The van der Waals surface area contributed by atoms with Crippen molar-refractivity contribution in [2.45, 2.75) is 83.5 Å². The summed E-state index contributed by atoms with van der Waals surface area (Å²) in [6, 6.07) is 12.0.